The van der Waals surface area contributed by atoms with Crippen molar-refractivity contribution < 1.29 is 5.11 Å². The number of nitrogens with zero attached hydrogens (tertiary/aromatic N) is 3. The van der Waals surface area contributed by atoms with Crippen molar-refractivity contribution in [3.05, 3.63) is 51.9 Å². The minimum Gasteiger partial charge on any atom is -0.390 e. The van der Waals surface area contributed by atoms with Crippen LogP contribution < -0.4 is 5.32 Å². The molecule has 3 rings (SSSR count). The Morgan fingerprint density at radius 2 is 1.84 bits per heavy atom. The average Bonchev–Trinajstić information content (AvgIpc) is 2.96. The molecule has 1 aromatic heterocycles. The molecule has 1 aliphatic heterocycles. The van der Waals surface area contributed by atoms with Crippen LogP contribution in [0.1, 0.15) is 30.8 Å². The predicted molar refractivity (Wildman–Crippen MR) is 104 cm³/mol. The van der Waals surface area contributed by atoms with Gasteiger partial charge in [0.1, 0.15) is 10.4 Å². The van der Waals surface area contributed by atoms with Gasteiger partial charge in [0.05, 0.1) is 23.5 Å². The lowest BCUT2D eigenvalue weighted by Crippen LogP contribution is -2.33. The van der Waals surface area contributed by atoms with Gasteiger partial charge in [-0.05, 0) is 34.3 Å². The number of aromatic nitrogens is 2. The summed E-state index contributed by atoms with van der Waals surface area (Å²) in [5, 5.41) is 13.9. The summed E-state index contributed by atoms with van der Waals surface area (Å²) in [6, 6.07) is 10.3. The monoisotopic (exact) mass is 404 g/mol. The van der Waals surface area contributed by atoms with Crippen molar-refractivity contribution in [2.75, 3.05) is 18.4 Å². The first-order chi connectivity index (χ1) is 12.1. The molecular formula is C19H25BrN4O. The number of aliphatic hydroxyl groups excluding tert-OH is 1. The molecule has 0 unspecified atom stereocenters. The first-order valence-electron chi connectivity index (χ1n) is 8.86. The van der Waals surface area contributed by atoms with Crippen LogP contribution in [0.4, 0.5) is 5.82 Å². The molecule has 0 aliphatic carbocycles. The molecular weight excluding hydrogens is 380 g/mol. The molecule has 25 heavy (non-hydrogen) atoms. The zero-order valence-corrected chi connectivity index (χ0v) is 16.3. The van der Waals surface area contributed by atoms with Crippen LogP contribution in [0.5, 0.6) is 0 Å². The summed E-state index contributed by atoms with van der Waals surface area (Å²) >= 11 is 3.49. The molecule has 5 nitrogen and oxygen atoms in total. The van der Waals surface area contributed by atoms with E-state index < -0.39 is 6.10 Å². The Bertz CT molecular complexity index is 710. The van der Waals surface area contributed by atoms with Crippen LogP contribution in [0.3, 0.4) is 0 Å². The second kappa shape index (κ2) is 8.25. The third-order valence-electron chi connectivity index (χ3n) is 4.60. The molecule has 6 heteroatoms. The van der Waals surface area contributed by atoms with Crippen molar-refractivity contribution in [1.29, 1.82) is 0 Å². The van der Waals surface area contributed by atoms with Gasteiger partial charge in [-0.3, -0.25) is 4.90 Å². The maximum atomic E-state index is 10.5. The molecule has 2 atom stereocenters. The van der Waals surface area contributed by atoms with E-state index in [4.69, 9.17) is 4.98 Å². The number of hydrogen-bond acceptors (Lipinski definition) is 5. The molecule has 2 N–H and O–H groups in total. The number of anilines is 1. The van der Waals surface area contributed by atoms with E-state index in [-0.39, 0.29) is 6.04 Å². The minimum atomic E-state index is -0.413. The Labute approximate surface area is 157 Å². The number of aryl methyl sites for hydroxylation is 2. The number of halogens is 1. The summed E-state index contributed by atoms with van der Waals surface area (Å²) in [7, 11) is 0. The summed E-state index contributed by atoms with van der Waals surface area (Å²) in [5.74, 6) is 0.799. The van der Waals surface area contributed by atoms with E-state index in [2.05, 4.69) is 69.2 Å². The number of hydrogen-bond donors (Lipinski definition) is 2. The Hall–Kier alpha value is -1.50. The molecule has 0 radical (unpaired) electrons. The fourth-order valence-corrected chi connectivity index (χ4v) is 3.81. The minimum absolute atomic E-state index is 0.0332. The van der Waals surface area contributed by atoms with Crippen molar-refractivity contribution >= 4 is 21.7 Å². The quantitative estimate of drug-likeness (QED) is 0.774. The highest BCUT2D eigenvalue weighted by Gasteiger charge is 2.32. The van der Waals surface area contributed by atoms with E-state index in [1.807, 2.05) is 6.07 Å². The highest BCUT2D eigenvalue weighted by atomic mass is 79.9. The van der Waals surface area contributed by atoms with Gasteiger partial charge in [-0.2, -0.15) is 0 Å². The summed E-state index contributed by atoms with van der Waals surface area (Å²) in [4.78, 5) is 11.6. The maximum absolute atomic E-state index is 10.5. The van der Waals surface area contributed by atoms with Crippen molar-refractivity contribution in [2.45, 2.75) is 45.4 Å². The van der Waals surface area contributed by atoms with Crippen LogP contribution in [0.15, 0.2) is 34.9 Å². The fraction of sp³-hybridized carbons (Fsp3) is 0.474. The topological polar surface area (TPSA) is 61.3 Å². The molecule has 0 spiro atoms. The molecule has 134 valence electrons. The Morgan fingerprint density at radius 1 is 1.12 bits per heavy atom. The van der Waals surface area contributed by atoms with Gasteiger partial charge in [0, 0.05) is 19.6 Å². The van der Waals surface area contributed by atoms with E-state index in [0.29, 0.717) is 6.54 Å². The zero-order chi connectivity index (χ0) is 17.8. The average molecular weight is 405 g/mol. The lowest BCUT2D eigenvalue weighted by atomic mass is 10.2. The van der Waals surface area contributed by atoms with Crippen LogP contribution in [0.25, 0.3) is 0 Å². The van der Waals surface area contributed by atoms with Gasteiger partial charge in [-0.25, -0.2) is 9.97 Å². The van der Waals surface area contributed by atoms with Crippen molar-refractivity contribution in [1.82, 2.24) is 14.9 Å². The lowest BCUT2D eigenvalue weighted by molar-refractivity contribution is 0.168. The number of aliphatic hydroxyl groups is 1. The second-order valence-corrected chi connectivity index (χ2v) is 7.21. The van der Waals surface area contributed by atoms with Gasteiger partial charge in [-0.15, -0.1) is 0 Å². The number of β-amino-alcohol motifs (C(OH)–C–C–N with tert-alkyl or cyclic N) is 1. The van der Waals surface area contributed by atoms with Crippen molar-refractivity contribution in [3.8, 4) is 0 Å². The number of rotatable bonds is 6. The summed E-state index contributed by atoms with van der Waals surface area (Å²) < 4.78 is 0.815. The molecule has 1 aliphatic rings. The summed E-state index contributed by atoms with van der Waals surface area (Å²) in [5.41, 5.74) is 3.13. The van der Waals surface area contributed by atoms with Crippen molar-refractivity contribution in [3.63, 3.8) is 0 Å². The van der Waals surface area contributed by atoms with Crippen molar-refractivity contribution in [2.24, 2.45) is 0 Å². The van der Waals surface area contributed by atoms with Gasteiger partial charge < -0.3 is 10.4 Å². The van der Waals surface area contributed by atoms with Gasteiger partial charge >= 0.3 is 0 Å². The molecule has 1 saturated heterocycles. The SMILES string of the molecule is CCc1nc(N[C@@H]2CN(Cc3ccccc3)C[C@@H]2O)c(CC)nc1Br. The van der Waals surface area contributed by atoms with E-state index in [9.17, 15) is 5.11 Å². The van der Waals surface area contributed by atoms with Crippen LogP contribution in [-0.4, -0.2) is 45.2 Å². The zero-order valence-electron chi connectivity index (χ0n) is 14.7. The highest BCUT2D eigenvalue weighted by Crippen LogP contribution is 2.23. The van der Waals surface area contributed by atoms with Crippen LogP contribution in [0.2, 0.25) is 0 Å². The third kappa shape index (κ3) is 4.37. The van der Waals surface area contributed by atoms with Crippen LogP contribution in [0, 0.1) is 0 Å². The first-order valence-corrected chi connectivity index (χ1v) is 9.66. The second-order valence-electron chi connectivity index (χ2n) is 6.46. The largest absolute Gasteiger partial charge is 0.390 e. The molecule has 1 fully saturated rings. The summed E-state index contributed by atoms with van der Waals surface area (Å²) in [6.45, 7) is 6.44. The standard InChI is InChI=1S/C19H25BrN4O/c1-3-14-18(20)21-15(4-2)19(22-14)23-16-11-24(12-17(16)25)10-13-8-6-5-7-9-13/h5-9,16-17,25H,3-4,10-12H2,1-2H3,(H,22,23)/t16-,17+/m1/s1. The smallest absolute Gasteiger partial charge is 0.148 e. The van der Waals surface area contributed by atoms with Gasteiger partial charge in [0.2, 0.25) is 0 Å². The molecule has 0 amide bonds. The lowest BCUT2D eigenvalue weighted by Gasteiger charge is -2.19. The van der Waals surface area contributed by atoms with Gasteiger partial charge in [0.25, 0.3) is 0 Å². The van der Waals surface area contributed by atoms with E-state index >= 15 is 0 Å². The summed E-state index contributed by atoms with van der Waals surface area (Å²) in [6.07, 6.45) is 1.21. The molecule has 1 aromatic carbocycles. The number of nitrogens with one attached hydrogen (secondary N) is 1. The number of benzene rings is 1. The normalized spacial score (nSPS) is 20.8. The van der Waals surface area contributed by atoms with E-state index in [1.54, 1.807) is 0 Å². The Balaban J connectivity index is 1.71. The van der Waals surface area contributed by atoms with E-state index in [1.165, 1.54) is 5.56 Å². The predicted octanol–water partition coefficient (Wildman–Crippen LogP) is 3.02. The van der Waals surface area contributed by atoms with Crippen LogP contribution >= 0.6 is 15.9 Å². The molecule has 2 aromatic rings. The van der Waals surface area contributed by atoms with Gasteiger partial charge in [-0.1, -0.05) is 44.2 Å². The fourth-order valence-electron chi connectivity index (χ4n) is 3.22. The molecule has 2 heterocycles. The molecule has 0 bridgehead atoms. The molecule has 0 saturated carbocycles. The highest BCUT2D eigenvalue weighted by molar-refractivity contribution is 9.10. The van der Waals surface area contributed by atoms with Gasteiger partial charge in [0.15, 0.2) is 0 Å². The Kier molecular flexibility index (Phi) is 6.04. The first kappa shape index (κ1) is 18.3. The van der Waals surface area contributed by atoms with Crippen LogP contribution in [-0.2, 0) is 19.4 Å². The Morgan fingerprint density at radius 3 is 2.52 bits per heavy atom. The van der Waals surface area contributed by atoms with E-state index in [0.717, 1.165) is 47.7 Å². The number of likely N-dealkylation sites (tertiary alicyclic amines) is 1. The third-order valence-corrected chi connectivity index (χ3v) is 5.23. The maximum Gasteiger partial charge on any atom is 0.148 e.